The lowest BCUT2D eigenvalue weighted by Gasteiger charge is -2.31. The Hall–Kier alpha value is -0.690. The predicted molar refractivity (Wildman–Crippen MR) is 59.6 cm³/mol. The molecule has 0 radical (unpaired) electrons. The number of amides is 1. The first-order valence-corrected chi connectivity index (χ1v) is 5.36. The number of hydrogen-bond donors (Lipinski definition) is 5. The van der Waals surface area contributed by atoms with E-state index in [1.54, 1.807) is 0 Å². The molecule has 0 aromatic heterocycles. The van der Waals surface area contributed by atoms with Crippen molar-refractivity contribution < 1.29 is 20.1 Å². The van der Waals surface area contributed by atoms with Crippen LogP contribution in [-0.4, -0.2) is 52.6 Å². The fourth-order valence-corrected chi connectivity index (χ4v) is 1.13. The molecule has 6 N–H and O–H groups in total. The predicted octanol–water partition coefficient (Wildman–Crippen LogP) is -1.81. The highest BCUT2D eigenvalue weighted by Gasteiger charge is 2.32. The number of carbonyl (C=O) groups is 1. The van der Waals surface area contributed by atoms with E-state index in [1.165, 1.54) is 0 Å². The van der Waals surface area contributed by atoms with Crippen LogP contribution >= 0.6 is 0 Å². The molecule has 1 amide bonds. The van der Waals surface area contributed by atoms with Crippen molar-refractivity contribution in [2.24, 2.45) is 11.7 Å². The minimum absolute atomic E-state index is 0.00576. The Kier molecular flexibility index (Phi) is 6.51. The molecular weight excluding hydrogens is 212 g/mol. The van der Waals surface area contributed by atoms with E-state index in [1.807, 2.05) is 13.8 Å². The molecule has 0 rings (SSSR count). The van der Waals surface area contributed by atoms with Gasteiger partial charge in [-0.1, -0.05) is 20.3 Å². The molecule has 0 saturated heterocycles. The highest BCUT2D eigenvalue weighted by Crippen LogP contribution is 2.08. The van der Waals surface area contributed by atoms with Crippen molar-refractivity contribution in [2.45, 2.75) is 31.8 Å². The Morgan fingerprint density at radius 2 is 1.75 bits per heavy atom. The smallest absolute Gasteiger partial charge is 0.237 e. The van der Waals surface area contributed by atoms with Crippen LogP contribution in [0.4, 0.5) is 0 Å². The molecule has 0 spiro atoms. The molecule has 0 aliphatic heterocycles. The van der Waals surface area contributed by atoms with Gasteiger partial charge in [-0.2, -0.15) is 0 Å². The molecule has 0 aromatic carbocycles. The normalized spacial score (nSPS) is 15.6. The lowest BCUT2D eigenvalue weighted by molar-refractivity contribution is -0.127. The summed E-state index contributed by atoms with van der Waals surface area (Å²) in [5.74, 6) is -0.486. The summed E-state index contributed by atoms with van der Waals surface area (Å²) in [4.78, 5) is 11.7. The second kappa shape index (κ2) is 6.80. The van der Waals surface area contributed by atoms with Crippen molar-refractivity contribution in [3.05, 3.63) is 0 Å². The Balaban J connectivity index is 4.52. The molecule has 0 heterocycles. The minimum atomic E-state index is -1.40. The molecule has 16 heavy (non-hydrogen) atoms. The highest BCUT2D eigenvalue weighted by molar-refractivity contribution is 5.82. The second-order valence-corrected chi connectivity index (χ2v) is 4.16. The monoisotopic (exact) mass is 234 g/mol. The Labute approximate surface area is 95.5 Å². The van der Waals surface area contributed by atoms with Crippen molar-refractivity contribution in [2.75, 3.05) is 19.8 Å². The first kappa shape index (κ1) is 15.3. The molecular formula is C10H22N2O4. The van der Waals surface area contributed by atoms with Gasteiger partial charge in [0.25, 0.3) is 0 Å². The van der Waals surface area contributed by atoms with Gasteiger partial charge in [-0.15, -0.1) is 0 Å². The zero-order valence-corrected chi connectivity index (χ0v) is 9.81. The highest BCUT2D eigenvalue weighted by atomic mass is 16.3. The summed E-state index contributed by atoms with van der Waals surface area (Å²) in [6.07, 6.45) is 0.749. The molecule has 0 aliphatic carbocycles. The Morgan fingerprint density at radius 1 is 1.31 bits per heavy atom. The van der Waals surface area contributed by atoms with E-state index in [4.69, 9.17) is 21.1 Å². The lowest BCUT2D eigenvalue weighted by Crippen LogP contribution is -2.61. The molecule has 1 unspecified atom stereocenters. The van der Waals surface area contributed by atoms with E-state index in [9.17, 15) is 4.79 Å². The van der Waals surface area contributed by atoms with Crippen LogP contribution in [0.5, 0.6) is 0 Å². The molecule has 0 aliphatic rings. The molecule has 96 valence electrons. The maximum Gasteiger partial charge on any atom is 0.237 e. The Morgan fingerprint density at radius 3 is 2.06 bits per heavy atom. The third-order valence-corrected chi connectivity index (χ3v) is 2.86. The van der Waals surface area contributed by atoms with Crippen molar-refractivity contribution in [3.63, 3.8) is 0 Å². The van der Waals surface area contributed by atoms with Gasteiger partial charge in [0.15, 0.2) is 0 Å². The SMILES string of the molecule is CCC(C)[C@H](N)C(=O)NC(CO)(CO)CO. The molecule has 2 atom stereocenters. The van der Waals surface area contributed by atoms with Gasteiger partial charge in [0.2, 0.25) is 5.91 Å². The van der Waals surface area contributed by atoms with Crippen LogP contribution in [0.1, 0.15) is 20.3 Å². The molecule has 0 saturated carbocycles. The zero-order valence-electron chi connectivity index (χ0n) is 9.81. The second-order valence-electron chi connectivity index (χ2n) is 4.16. The molecule has 6 nitrogen and oxygen atoms in total. The lowest BCUT2D eigenvalue weighted by atomic mass is 9.97. The molecule has 6 heteroatoms. The summed E-state index contributed by atoms with van der Waals surface area (Å²) in [6, 6.07) is -0.714. The molecule has 0 bridgehead atoms. The van der Waals surface area contributed by atoms with Crippen molar-refractivity contribution >= 4 is 5.91 Å². The van der Waals surface area contributed by atoms with Gasteiger partial charge >= 0.3 is 0 Å². The average molecular weight is 234 g/mol. The van der Waals surface area contributed by atoms with Crippen LogP contribution in [0.3, 0.4) is 0 Å². The van der Waals surface area contributed by atoms with Crippen LogP contribution < -0.4 is 11.1 Å². The number of aliphatic hydroxyl groups excluding tert-OH is 3. The van der Waals surface area contributed by atoms with Gasteiger partial charge in [-0.05, 0) is 5.92 Å². The minimum Gasteiger partial charge on any atom is -0.394 e. The topological polar surface area (TPSA) is 116 Å². The van der Waals surface area contributed by atoms with Gasteiger partial charge in [0.05, 0.1) is 25.9 Å². The average Bonchev–Trinajstić information content (AvgIpc) is 2.33. The number of nitrogens with two attached hydrogens (primary N) is 1. The molecule has 0 aromatic rings. The number of nitrogens with one attached hydrogen (secondary N) is 1. The van der Waals surface area contributed by atoms with Gasteiger partial charge in [-0.3, -0.25) is 4.79 Å². The van der Waals surface area contributed by atoms with E-state index < -0.39 is 37.3 Å². The van der Waals surface area contributed by atoms with Crippen LogP contribution in [-0.2, 0) is 4.79 Å². The zero-order chi connectivity index (χ0) is 12.8. The van der Waals surface area contributed by atoms with Gasteiger partial charge in [-0.25, -0.2) is 0 Å². The Bertz CT molecular complexity index is 211. The third-order valence-electron chi connectivity index (χ3n) is 2.86. The van der Waals surface area contributed by atoms with Crippen LogP contribution in [0.25, 0.3) is 0 Å². The van der Waals surface area contributed by atoms with Gasteiger partial charge < -0.3 is 26.4 Å². The maximum absolute atomic E-state index is 11.7. The van der Waals surface area contributed by atoms with E-state index in [0.717, 1.165) is 6.42 Å². The van der Waals surface area contributed by atoms with Crippen LogP contribution in [0.15, 0.2) is 0 Å². The quantitative estimate of drug-likeness (QED) is 0.356. The third kappa shape index (κ3) is 3.71. The summed E-state index contributed by atoms with van der Waals surface area (Å²) < 4.78 is 0. The summed E-state index contributed by atoms with van der Waals surface area (Å²) in [5, 5.41) is 29.5. The van der Waals surface area contributed by atoms with Gasteiger partial charge in [0, 0.05) is 0 Å². The first-order valence-electron chi connectivity index (χ1n) is 5.36. The van der Waals surface area contributed by atoms with Crippen molar-refractivity contribution in [1.82, 2.24) is 5.32 Å². The summed E-state index contributed by atoms with van der Waals surface area (Å²) in [6.45, 7) is 2.12. The fourth-order valence-electron chi connectivity index (χ4n) is 1.13. The number of carbonyl (C=O) groups excluding carboxylic acids is 1. The molecule has 0 fully saturated rings. The summed E-state index contributed by atoms with van der Waals surface area (Å²) in [5.41, 5.74) is 4.28. The number of hydrogen-bond acceptors (Lipinski definition) is 5. The van der Waals surface area contributed by atoms with Crippen molar-refractivity contribution in [1.29, 1.82) is 0 Å². The summed E-state index contributed by atoms with van der Waals surface area (Å²) in [7, 11) is 0. The van der Waals surface area contributed by atoms with Crippen molar-refractivity contribution in [3.8, 4) is 0 Å². The van der Waals surface area contributed by atoms with Crippen LogP contribution in [0, 0.1) is 5.92 Å². The standard InChI is InChI=1S/C10H22N2O4/c1-3-7(2)8(11)9(16)12-10(4-13,5-14)6-15/h7-8,13-15H,3-6,11H2,1-2H3,(H,12,16)/t7?,8-/m0/s1. The van der Waals surface area contributed by atoms with E-state index in [2.05, 4.69) is 5.32 Å². The number of rotatable bonds is 7. The van der Waals surface area contributed by atoms with Gasteiger partial charge in [0.1, 0.15) is 5.54 Å². The summed E-state index contributed by atoms with van der Waals surface area (Å²) >= 11 is 0. The number of aliphatic hydroxyl groups is 3. The van der Waals surface area contributed by atoms with E-state index >= 15 is 0 Å². The maximum atomic E-state index is 11.7. The van der Waals surface area contributed by atoms with E-state index in [0.29, 0.717) is 0 Å². The first-order chi connectivity index (χ1) is 7.46. The fraction of sp³-hybridized carbons (Fsp3) is 0.900. The largest absolute Gasteiger partial charge is 0.394 e. The van der Waals surface area contributed by atoms with E-state index in [-0.39, 0.29) is 5.92 Å². The van der Waals surface area contributed by atoms with Crippen LogP contribution in [0.2, 0.25) is 0 Å².